The molecule has 0 unspecified atom stereocenters. The SMILES string of the molecule is Cc1cccn2c3c(nc12)-c1ccccc1NC3(C)C. The van der Waals surface area contributed by atoms with E-state index in [1.807, 2.05) is 0 Å². The van der Waals surface area contributed by atoms with Crippen LogP contribution in [0, 0.1) is 6.92 Å². The van der Waals surface area contributed by atoms with Gasteiger partial charge in [-0.05, 0) is 38.5 Å². The fraction of sp³-hybridized carbons (Fsp3) is 0.235. The summed E-state index contributed by atoms with van der Waals surface area (Å²) < 4.78 is 2.22. The van der Waals surface area contributed by atoms with Crippen LogP contribution in [0.1, 0.15) is 25.1 Å². The van der Waals surface area contributed by atoms with Crippen molar-refractivity contribution in [1.82, 2.24) is 9.38 Å². The van der Waals surface area contributed by atoms with E-state index in [9.17, 15) is 0 Å². The van der Waals surface area contributed by atoms with Gasteiger partial charge in [0.15, 0.2) is 0 Å². The van der Waals surface area contributed by atoms with Gasteiger partial charge in [0.05, 0.1) is 16.9 Å². The number of nitrogens with zero attached hydrogens (tertiary/aromatic N) is 2. The van der Waals surface area contributed by atoms with Crippen LogP contribution in [0.2, 0.25) is 0 Å². The lowest BCUT2D eigenvalue weighted by molar-refractivity contribution is 0.578. The molecule has 0 fully saturated rings. The number of fused-ring (bicyclic) bond motifs is 5. The maximum Gasteiger partial charge on any atom is 0.140 e. The molecule has 0 aliphatic carbocycles. The molecule has 0 saturated heterocycles. The molecule has 0 amide bonds. The quantitative estimate of drug-likeness (QED) is 0.665. The van der Waals surface area contributed by atoms with E-state index in [1.165, 1.54) is 16.8 Å². The first-order valence-electron chi connectivity index (χ1n) is 6.94. The second kappa shape index (κ2) is 3.63. The van der Waals surface area contributed by atoms with Crippen molar-refractivity contribution in [2.45, 2.75) is 26.3 Å². The maximum atomic E-state index is 4.91. The summed E-state index contributed by atoms with van der Waals surface area (Å²) in [6.45, 7) is 6.52. The summed E-state index contributed by atoms with van der Waals surface area (Å²) in [4.78, 5) is 4.91. The second-order valence-corrected chi connectivity index (χ2v) is 5.99. The third kappa shape index (κ3) is 1.38. The van der Waals surface area contributed by atoms with Crippen LogP contribution in [0.3, 0.4) is 0 Å². The second-order valence-electron chi connectivity index (χ2n) is 5.99. The van der Waals surface area contributed by atoms with Gasteiger partial charge < -0.3 is 9.72 Å². The highest BCUT2D eigenvalue weighted by Gasteiger charge is 2.34. The molecule has 0 spiro atoms. The monoisotopic (exact) mass is 263 g/mol. The van der Waals surface area contributed by atoms with Crippen molar-refractivity contribution >= 4 is 11.3 Å². The molecule has 100 valence electrons. The third-order valence-electron chi connectivity index (χ3n) is 4.07. The summed E-state index contributed by atoms with van der Waals surface area (Å²) in [6.07, 6.45) is 2.10. The maximum absolute atomic E-state index is 4.91. The molecule has 0 saturated carbocycles. The van der Waals surface area contributed by atoms with E-state index in [1.54, 1.807) is 0 Å². The molecule has 0 atom stereocenters. The van der Waals surface area contributed by atoms with Crippen molar-refractivity contribution in [3.05, 3.63) is 53.9 Å². The molecule has 3 heterocycles. The summed E-state index contributed by atoms with van der Waals surface area (Å²) in [6, 6.07) is 12.6. The number of aromatic nitrogens is 2. The number of pyridine rings is 1. The van der Waals surface area contributed by atoms with Crippen molar-refractivity contribution in [2.24, 2.45) is 0 Å². The fourth-order valence-electron chi connectivity index (χ4n) is 3.18. The Morgan fingerprint density at radius 3 is 2.75 bits per heavy atom. The van der Waals surface area contributed by atoms with E-state index in [-0.39, 0.29) is 5.54 Å². The Kier molecular flexibility index (Phi) is 2.09. The van der Waals surface area contributed by atoms with E-state index >= 15 is 0 Å². The van der Waals surface area contributed by atoms with E-state index in [0.717, 1.165) is 17.0 Å². The summed E-state index contributed by atoms with van der Waals surface area (Å²) in [5, 5.41) is 3.63. The molecule has 2 aromatic heterocycles. The van der Waals surface area contributed by atoms with Crippen LogP contribution in [0.15, 0.2) is 42.6 Å². The van der Waals surface area contributed by atoms with Crippen molar-refractivity contribution in [1.29, 1.82) is 0 Å². The molecule has 20 heavy (non-hydrogen) atoms. The Hall–Kier alpha value is -2.29. The summed E-state index contributed by atoms with van der Waals surface area (Å²) >= 11 is 0. The Morgan fingerprint density at radius 2 is 1.90 bits per heavy atom. The van der Waals surface area contributed by atoms with Crippen LogP contribution in [-0.2, 0) is 5.54 Å². The van der Waals surface area contributed by atoms with Crippen molar-refractivity contribution in [3.8, 4) is 11.3 Å². The summed E-state index contributed by atoms with van der Waals surface area (Å²) in [5.41, 5.74) is 6.78. The smallest absolute Gasteiger partial charge is 0.140 e. The van der Waals surface area contributed by atoms with Gasteiger partial charge in [-0.25, -0.2) is 4.98 Å². The van der Waals surface area contributed by atoms with Gasteiger partial charge in [0.1, 0.15) is 5.65 Å². The Balaban J connectivity index is 2.17. The number of anilines is 1. The molecule has 0 bridgehead atoms. The predicted molar refractivity (Wildman–Crippen MR) is 82.0 cm³/mol. The van der Waals surface area contributed by atoms with Crippen molar-refractivity contribution in [2.75, 3.05) is 5.32 Å². The minimum atomic E-state index is -0.142. The molecular formula is C17H17N3. The number of hydrogen-bond acceptors (Lipinski definition) is 2. The highest BCUT2D eigenvalue weighted by molar-refractivity contribution is 5.83. The fourth-order valence-corrected chi connectivity index (χ4v) is 3.18. The van der Waals surface area contributed by atoms with Crippen LogP contribution in [-0.4, -0.2) is 9.38 Å². The molecule has 1 aliphatic rings. The van der Waals surface area contributed by atoms with Crippen LogP contribution >= 0.6 is 0 Å². The third-order valence-corrected chi connectivity index (χ3v) is 4.07. The van der Waals surface area contributed by atoms with Crippen LogP contribution in [0.4, 0.5) is 5.69 Å². The van der Waals surface area contributed by atoms with Gasteiger partial charge in [0.2, 0.25) is 0 Å². The van der Waals surface area contributed by atoms with Gasteiger partial charge in [-0.2, -0.15) is 0 Å². The van der Waals surface area contributed by atoms with Crippen LogP contribution < -0.4 is 5.32 Å². The van der Waals surface area contributed by atoms with Gasteiger partial charge in [0, 0.05) is 17.4 Å². The topological polar surface area (TPSA) is 29.3 Å². The average molecular weight is 263 g/mol. The molecule has 4 rings (SSSR count). The largest absolute Gasteiger partial charge is 0.374 e. The van der Waals surface area contributed by atoms with E-state index in [2.05, 4.69) is 73.1 Å². The summed E-state index contributed by atoms with van der Waals surface area (Å²) in [7, 11) is 0. The molecule has 1 N–H and O–H groups in total. The molecule has 1 aliphatic heterocycles. The van der Waals surface area contributed by atoms with E-state index in [4.69, 9.17) is 4.98 Å². The zero-order valence-electron chi connectivity index (χ0n) is 11.9. The molecule has 3 heteroatoms. The number of nitrogens with one attached hydrogen (secondary N) is 1. The Labute approximate surface area is 118 Å². The standard InChI is InChI=1S/C17H17N3/c1-11-7-6-10-20-15-14(18-16(11)20)12-8-4-5-9-13(12)19-17(15,2)3/h4-10,19H,1-3H3. The molecule has 3 nitrogen and oxygen atoms in total. The van der Waals surface area contributed by atoms with E-state index in [0.29, 0.717) is 0 Å². The first-order valence-corrected chi connectivity index (χ1v) is 6.94. The highest BCUT2D eigenvalue weighted by Crippen LogP contribution is 2.43. The number of rotatable bonds is 0. The van der Waals surface area contributed by atoms with E-state index < -0.39 is 0 Å². The first kappa shape index (κ1) is 11.5. The van der Waals surface area contributed by atoms with Gasteiger partial charge in [-0.3, -0.25) is 0 Å². The van der Waals surface area contributed by atoms with Gasteiger partial charge in [-0.15, -0.1) is 0 Å². The Morgan fingerprint density at radius 1 is 1.10 bits per heavy atom. The number of para-hydroxylation sites is 1. The molecule has 1 aromatic carbocycles. The van der Waals surface area contributed by atoms with Gasteiger partial charge in [-0.1, -0.05) is 24.3 Å². The van der Waals surface area contributed by atoms with Crippen molar-refractivity contribution in [3.63, 3.8) is 0 Å². The van der Waals surface area contributed by atoms with Gasteiger partial charge in [0.25, 0.3) is 0 Å². The zero-order valence-corrected chi connectivity index (χ0v) is 11.9. The molecular weight excluding hydrogens is 246 g/mol. The normalized spacial score (nSPS) is 15.6. The van der Waals surface area contributed by atoms with Gasteiger partial charge >= 0.3 is 0 Å². The number of imidazole rings is 1. The Bertz CT molecular complexity index is 827. The van der Waals surface area contributed by atoms with Crippen LogP contribution in [0.25, 0.3) is 16.9 Å². The highest BCUT2D eigenvalue weighted by atomic mass is 15.1. The summed E-state index contributed by atoms with van der Waals surface area (Å²) in [5.74, 6) is 0. The minimum absolute atomic E-state index is 0.142. The zero-order chi connectivity index (χ0) is 13.9. The van der Waals surface area contributed by atoms with Crippen molar-refractivity contribution < 1.29 is 0 Å². The lowest BCUT2D eigenvalue weighted by Crippen LogP contribution is -2.33. The lowest BCUT2D eigenvalue weighted by Gasteiger charge is -2.33. The number of benzene rings is 1. The molecule has 0 radical (unpaired) electrons. The minimum Gasteiger partial charge on any atom is -0.374 e. The number of hydrogen-bond donors (Lipinski definition) is 1. The predicted octanol–water partition coefficient (Wildman–Crippen LogP) is 3.97. The average Bonchev–Trinajstić information content (AvgIpc) is 2.80. The molecule has 3 aromatic rings. The van der Waals surface area contributed by atoms with Crippen LogP contribution in [0.5, 0.6) is 0 Å². The number of aryl methyl sites for hydroxylation is 1. The lowest BCUT2D eigenvalue weighted by atomic mass is 9.90. The first-order chi connectivity index (χ1) is 9.58.